The van der Waals surface area contributed by atoms with Crippen LogP contribution in [0.1, 0.15) is 16.8 Å². The van der Waals surface area contributed by atoms with Crippen molar-refractivity contribution in [1.29, 1.82) is 0 Å². The van der Waals surface area contributed by atoms with Crippen LogP contribution in [0.3, 0.4) is 0 Å². The summed E-state index contributed by atoms with van der Waals surface area (Å²) in [4.78, 5) is 9.04. The van der Waals surface area contributed by atoms with Crippen molar-refractivity contribution in [2.24, 2.45) is 0 Å². The van der Waals surface area contributed by atoms with Crippen LogP contribution < -0.4 is 5.73 Å². The van der Waals surface area contributed by atoms with Gasteiger partial charge in [-0.3, -0.25) is 0 Å². The molecule has 1 aliphatic rings. The van der Waals surface area contributed by atoms with Gasteiger partial charge in [-0.25, -0.2) is 9.97 Å². The number of methoxy groups -OCH3 is 1. The molecule has 1 aromatic heterocycles. The van der Waals surface area contributed by atoms with E-state index in [1.54, 1.807) is 7.11 Å². The highest BCUT2D eigenvalue weighted by molar-refractivity contribution is 5.59. The molecule has 0 atom stereocenters. The molecule has 1 aliphatic heterocycles. The minimum absolute atomic E-state index is 0.505. The van der Waals surface area contributed by atoms with E-state index in [2.05, 4.69) is 9.97 Å². The van der Waals surface area contributed by atoms with Gasteiger partial charge in [0.2, 0.25) is 0 Å². The van der Waals surface area contributed by atoms with Crippen LogP contribution in [0.25, 0.3) is 11.4 Å². The highest BCUT2D eigenvalue weighted by Crippen LogP contribution is 2.24. The number of benzene rings is 1. The molecular weight excluding hydrogens is 254 g/mol. The van der Waals surface area contributed by atoms with Crippen LogP contribution in [-0.2, 0) is 29.1 Å². The molecule has 5 nitrogen and oxygen atoms in total. The second-order valence-electron chi connectivity index (χ2n) is 4.79. The maximum atomic E-state index is 6.02. The van der Waals surface area contributed by atoms with E-state index in [0.717, 1.165) is 28.8 Å². The highest BCUT2D eigenvalue weighted by Gasteiger charge is 2.17. The summed E-state index contributed by atoms with van der Waals surface area (Å²) in [5.41, 5.74) is 9.99. The van der Waals surface area contributed by atoms with Gasteiger partial charge in [-0.05, 0) is 11.6 Å². The molecule has 3 rings (SSSR count). The molecule has 0 saturated carbocycles. The van der Waals surface area contributed by atoms with Crippen molar-refractivity contribution in [2.75, 3.05) is 19.5 Å². The summed E-state index contributed by atoms with van der Waals surface area (Å²) in [6, 6.07) is 8.01. The summed E-state index contributed by atoms with van der Waals surface area (Å²) in [5, 5.41) is 0. The van der Waals surface area contributed by atoms with Crippen molar-refractivity contribution in [3.63, 3.8) is 0 Å². The Hall–Kier alpha value is -1.98. The van der Waals surface area contributed by atoms with Gasteiger partial charge >= 0.3 is 0 Å². The standard InChI is InChI=1S/C15H17N3O2/c1-19-8-10-3-2-4-11(7-10)15-17-13-5-6-20-9-12(13)14(16)18-15/h2-4,7H,5-6,8-9H2,1H3,(H2,16,17,18). The average Bonchev–Trinajstić information content (AvgIpc) is 2.48. The Morgan fingerprint density at radius 1 is 1.35 bits per heavy atom. The Morgan fingerprint density at radius 3 is 3.10 bits per heavy atom. The topological polar surface area (TPSA) is 70.3 Å². The number of hydrogen-bond acceptors (Lipinski definition) is 5. The molecule has 2 heterocycles. The van der Waals surface area contributed by atoms with E-state index in [0.29, 0.717) is 31.5 Å². The number of rotatable bonds is 3. The predicted octanol–water partition coefficient (Wildman–Crippen LogP) is 1.94. The SMILES string of the molecule is COCc1cccc(-c2nc(N)c3c(n2)CCOC3)c1. The second kappa shape index (κ2) is 5.56. The fourth-order valence-electron chi connectivity index (χ4n) is 2.35. The van der Waals surface area contributed by atoms with E-state index in [4.69, 9.17) is 15.2 Å². The molecule has 2 N–H and O–H groups in total. The summed E-state index contributed by atoms with van der Waals surface area (Å²) in [5.74, 6) is 1.18. The van der Waals surface area contributed by atoms with Gasteiger partial charge in [-0.1, -0.05) is 18.2 Å². The van der Waals surface area contributed by atoms with Gasteiger partial charge < -0.3 is 15.2 Å². The van der Waals surface area contributed by atoms with E-state index in [1.807, 2.05) is 24.3 Å². The zero-order valence-electron chi connectivity index (χ0n) is 11.4. The maximum Gasteiger partial charge on any atom is 0.161 e. The minimum atomic E-state index is 0.505. The largest absolute Gasteiger partial charge is 0.383 e. The lowest BCUT2D eigenvalue weighted by Gasteiger charge is -2.17. The van der Waals surface area contributed by atoms with E-state index in [-0.39, 0.29) is 0 Å². The van der Waals surface area contributed by atoms with Crippen LogP contribution >= 0.6 is 0 Å². The fourth-order valence-corrected chi connectivity index (χ4v) is 2.35. The molecule has 0 amide bonds. The van der Waals surface area contributed by atoms with Gasteiger partial charge in [-0.15, -0.1) is 0 Å². The Bertz CT molecular complexity index is 629. The first-order chi connectivity index (χ1) is 9.78. The Balaban J connectivity index is 2.01. The van der Waals surface area contributed by atoms with Crippen LogP contribution in [0.5, 0.6) is 0 Å². The molecule has 0 fully saturated rings. The van der Waals surface area contributed by atoms with E-state index in [9.17, 15) is 0 Å². The van der Waals surface area contributed by atoms with Crippen molar-refractivity contribution in [3.8, 4) is 11.4 Å². The fraction of sp³-hybridized carbons (Fsp3) is 0.333. The van der Waals surface area contributed by atoms with Gasteiger partial charge in [-0.2, -0.15) is 0 Å². The Morgan fingerprint density at radius 2 is 2.25 bits per heavy atom. The number of ether oxygens (including phenoxy) is 2. The molecule has 0 spiro atoms. The smallest absolute Gasteiger partial charge is 0.161 e. The van der Waals surface area contributed by atoms with Crippen molar-refractivity contribution in [3.05, 3.63) is 41.1 Å². The van der Waals surface area contributed by atoms with Crippen molar-refractivity contribution in [2.45, 2.75) is 19.6 Å². The summed E-state index contributed by atoms with van der Waals surface area (Å²) >= 11 is 0. The van der Waals surface area contributed by atoms with Gasteiger partial charge in [0.05, 0.1) is 25.5 Å². The first kappa shape index (κ1) is 13.0. The molecule has 0 saturated heterocycles. The molecule has 104 valence electrons. The van der Waals surface area contributed by atoms with Crippen LogP contribution in [0.4, 0.5) is 5.82 Å². The third kappa shape index (κ3) is 2.50. The number of hydrogen-bond donors (Lipinski definition) is 1. The first-order valence-electron chi connectivity index (χ1n) is 6.59. The van der Waals surface area contributed by atoms with Crippen LogP contribution in [0.15, 0.2) is 24.3 Å². The first-order valence-corrected chi connectivity index (χ1v) is 6.59. The lowest BCUT2D eigenvalue weighted by atomic mass is 10.1. The summed E-state index contributed by atoms with van der Waals surface area (Å²) in [6.45, 7) is 1.76. The number of aromatic nitrogens is 2. The molecule has 5 heteroatoms. The van der Waals surface area contributed by atoms with Crippen LogP contribution in [0.2, 0.25) is 0 Å². The van der Waals surface area contributed by atoms with Gasteiger partial charge in [0, 0.05) is 24.7 Å². The summed E-state index contributed by atoms with van der Waals surface area (Å²) < 4.78 is 10.5. The Kier molecular flexibility index (Phi) is 3.62. The maximum absolute atomic E-state index is 6.02. The molecule has 20 heavy (non-hydrogen) atoms. The van der Waals surface area contributed by atoms with Gasteiger partial charge in [0.1, 0.15) is 5.82 Å². The highest BCUT2D eigenvalue weighted by atomic mass is 16.5. The monoisotopic (exact) mass is 271 g/mol. The Labute approximate surface area is 117 Å². The van der Waals surface area contributed by atoms with Gasteiger partial charge in [0.15, 0.2) is 5.82 Å². The molecular formula is C15H17N3O2. The number of nitrogens with two attached hydrogens (primary N) is 1. The third-order valence-corrected chi connectivity index (χ3v) is 3.35. The number of nitrogens with zero attached hydrogens (tertiary/aromatic N) is 2. The molecule has 0 bridgehead atoms. The minimum Gasteiger partial charge on any atom is -0.383 e. The van der Waals surface area contributed by atoms with E-state index < -0.39 is 0 Å². The van der Waals surface area contributed by atoms with Crippen molar-refractivity contribution in [1.82, 2.24) is 9.97 Å². The molecule has 0 unspecified atom stereocenters. The zero-order valence-corrected chi connectivity index (χ0v) is 11.4. The van der Waals surface area contributed by atoms with Crippen LogP contribution in [-0.4, -0.2) is 23.7 Å². The quantitative estimate of drug-likeness (QED) is 0.923. The molecule has 1 aromatic carbocycles. The third-order valence-electron chi connectivity index (χ3n) is 3.35. The summed E-state index contributed by atoms with van der Waals surface area (Å²) in [7, 11) is 1.68. The number of nitrogen functional groups attached to an aromatic ring is 1. The molecule has 2 aromatic rings. The zero-order chi connectivity index (χ0) is 13.9. The van der Waals surface area contributed by atoms with E-state index in [1.165, 1.54) is 0 Å². The number of fused-ring (bicyclic) bond motifs is 1. The normalized spacial score (nSPS) is 14.1. The average molecular weight is 271 g/mol. The second-order valence-corrected chi connectivity index (χ2v) is 4.79. The van der Waals surface area contributed by atoms with Crippen LogP contribution in [0, 0.1) is 0 Å². The van der Waals surface area contributed by atoms with E-state index >= 15 is 0 Å². The van der Waals surface area contributed by atoms with Gasteiger partial charge in [0.25, 0.3) is 0 Å². The lowest BCUT2D eigenvalue weighted by Crippen LogP contribution is -2.16. The molecule has 0 radical (unpaired) electrons. The molecule has 0 aliphatic carbocycles. The van der Waals surface area contributed by atoms with Crippen molar-refractivity contribution >= 4 is 5.82 Å². The summed E-state index contributed by atoms with van der Waals surface area (Å²) in [6.07, 6.45) is 0.785. The predicted molar refractivity (Wildman–Crippen MR) is 76.0 cm³/mol. The van der Waals surface area contributed by atoms with Crippen molar-refractivity contribution < 1.29 is 9.47 Å². The number of anilines is 1. The lowest BCUT2D eigenvalue weighted by molar-refractivity contribution is 0.109.